The van der Waals surface area contributed by atoms with Crippen LogP contribution in [0.2, 0.25) is 0 Å². The van der Waals surface area contributed by atoms with E-state index in [9.17, 15) is 14.4 Å². The summed E-state index contributed by atoms with van der Waals surface area (Å²) in [6.45, 7) is 6.42. The van der Waals surface area contributed by atoms with Crippen LogP contribution in [0.25, 0.3) is 0 Å². The minimum absolute atomic E-state index is 0.0893. The van der Waals surface area contributed by atoms with Gasteiger partial charge in [-0.05, 0) is 122 Å². The van der Waals surface area contributed by atoms with Gasteiger partial charge in [0.15, 0.2) is 6.10 Å². The Morgan fingerprint density at radius 3 is 0.775 bits per heavy atom. The molecule has 0 heterocycles. The van der Waals surface area contributed by atoms with Crippen molar-refractivity contribution in [3.05, 3.63) is 109 Å². The molecule has 6 heteroatoms. The molecule has 80 heavy (non-hydrogen) atoms. The molecular formula is C74H126O6. The van der Waals surface area contributed by atoms with Crippen LogP contribution in [0, 0.1) is 0 Å². The molecule has 0 fully saturated rings. The van der Waals surface area contributed by atoms with E-state index in [1.807, 2.05) is 0 Å². The van der Waals surface area contributed by atoms with Crippen LogP contribution < -0.4 is 0 Å². The SMILES string of the molecule is CC/C=C\C/C=C\C/C=C\C/C=C\CCCCCCCCCCCCCCCCCCC(=O)OCC(COC(=O)CCCCCCC/C=C\CCCCCCCCC)OC(=O)CCCCCC/C=C\C/C=C\C/C=C\C/C=C\CC. The van der Waals surface area contributed by atoms with Crippen molar-refractivity contribution in [2.75, 3.05) is 13.2 Å². The molecule has 0 amide bonds. The minimum atomic E-state index is -0.796. The highest BCUT2D eigenvalue weighted by Crippen LogP contribution is 2.17. The predicted octanol–water partition coefficient (Wildman–Crippen LogP) is 23.4. The highest BCUT2D eigenvalue weighted by Gasteiger charge is 2.19. The summed E-state index contributed by atoms with van der Waals surface area (Å²) >= 11 is 0. The van der Waals surface area contributed by atoms with Gasteiger partial charge in [-0.25, -0.2) is 0 Å². The topological polar surface area (TPSA) is 78.9 Å². The number of hydrogen-bond acceptors (Lipinski definition) is 6. The summed E-state index contributed by atoms with van der Waals surface area (Å²) in [7, 11) is 0. The lowest BCUT2D eigenvalue weighted by molar-refractivity contribution is -0.167. The lowest BCUT2D eigenvalue weighted by atomic mass is 10.0. The van der Waals surface area contributed by atoms with E-state index < -0.39 is 6.10 Å². The van der Waals surface area contributed by atoms with Crippen molar-refractivity contribution in [3.8, 4) is 0 Å². The van der Waals surface area contributed by atoms with Gasteiger partial charge in [-0.3, -0.25) is 14.4 Å². The Morgan fingerprint density at radius 1 is 0.263 bits per heavy atom. The second-order valence-corrected chi connectivity index (χ2v) is 22.3. The van der Waals surface area contributed by atoms with E-state index in [0.717, 1.165) is 128 Å². The van der Waals surface area contributed by atoms with Crippen LogP contribution in [-0.2, 0) is 28.6 Å². The lowest BCUT2D eigenvalue weighted by Gasteiger charge is -2.18. The first-order valence-corrected chi connectivity index (χ1v) is 33.9. The second kappa shape index (κ2) is 67.6. The maximum absolute atomic E-state index is 12.9. The van der Waals surface area contributed by atoms with Crippen LogP contribution in [0.1, 0.15) is 323 Å². The molecule has 6 nitrogen and oxygen atoms in total. The lowest BCUT2D eigenvalue weighted by Crippen LogP contribution is -2.30. The third kappa shape index (κ3) is 64.9. The largest absolute Gasteiger partial charge is 0.462 e. The van der Waals surface area contributed by atoms with E-state index in [1.165, 1.54) is 154 Å². The molecule has 0 aliphatic heterocycles. The van der Waals surface area contributed by atoms with Crippen LogP contribution in [-0.4, -0.2) is 37.2 Å². The Morgan fingerprint density at radius 2 is 0.487 bits per heavy atom. The van der Waals surface area contributed by atoms with Crippen molar-refractivity contribution in [1.29, 1.82) is 0 Å². The first-order chi connectivity index (χ1) is 39.5. The molecule has 0 aliphatic carbocycles. The van der Waals surface area contributed by atoms with Crippen molar-refractivity contribution in [2.24, 2.45) is 0 Å². The van der Waals surface area contributed by atoms with E-state index in [1.54, 1.807) is 0 Å². The zero-order chi connectivity index (χ0) is 57.8. The molecule has 0 saturated carbocycles. The van der Waals surface area contributed by atoms with Crippen molar-refractivity contribution in [3.63, 3.8) is 0 Å². The molecule has 0 bridgehead atoms. The number of unbranched alkanes of at least 4 members (excludes halogenated alkanes) is 32. The number of ether oxygens (including phenoxy) is 3. The van der Waals surface area contributed by atoms with E-state index >= 15 is 0 Å². The highest BCUT2D eigenvalue weighted by atomic mass is 16.6. The molecular weight excluding hydrogens is 985 g/mol. The Hall–Kier alpha value is -3.93. The van der Waals surface area contributed by atoms with Gasteiger partial charge >= 0.3 is 17.9 Å². The third-order valence-corrected chi connectivity index (χ3v) is 14.5. The van der Waals surface area contributed by atoms with Gasteiger partial charge in [0.25, 0.3) is 0 Å². The van der Waals surface area contributed by atoms with Crippen LogP contribution in [0.3, 0.4) is 0 Å². The van der Waals surface area contributed by atoms with Gasteiger partial charge in [-0.15, -0.1) is 0 Å². The molecule has 0 N–H and O–H groups in total. The van der Waals surface area contributed by atoms with Crippen LogP contribution in [0.5, 0.6) is 0 Å². The first kappa shape index (κ1) is 76.1. The maximum Gasteiger partial charge on any atom is 0.306 e. The highest BCUT2D eigenvalue weighted by molar-refractivity contribution is 5.71. The fraction of sp³-hybridized carbons (Fsp3) is 0.716. The normalized spacial score (nSPS) is 12.8. The molecule has 0 aromatic carbocycles. The average molecular weight is 1110 g/mol. The van der Waals surface area contributed by atoms with Crippen LogP contribution >= 0.6 is 0 Å². The van der Waals surface area contributed by atoms with E-state index in [0.29, 0.717) is 19.3 Å². The Kier molecular flexibility index (Phi) is 64.3. The van der Waals surface area contributed by atoms with E-state index in [-0.39, 0.29) is 31.1 Å². The van der Waals surface area contributed by atoms with Crippen molar-refractivity contribution < 1.29 is 28.6 Å². The molecule has 0 rings (SSSR count). The van der Waals surface area contributed by atoms with Gasteiger partial charge in [0.05, 0.1) is 0 Å². The van der Waals surface area contributed by atoms with Gasteiger partial charge in [-0.1, -0.05) is 291 Å². The molecule has 0 aliphatic rings. The predicted molar refractivity (Wildman–Crippen MR) is 348 cm³/mol. The molecule has 0 aromatic heterocycles. The minimum Gasteiger partial charge on any atom is -0.462 e. The molecule has 1 atom stereocenters. The Bertz CT molecular complexity index is 1610. The number of esters is 3. The van der Waals surface area contributed by atoms with Crippen molar-refractivity contribution in [2.45, 2.75) is 329 Å². The summed E-state index contributed by atoms with van der Waals surface area (Å²) in [5.74, 6) is -0.910. The first-order valence-electron chi connectivity index (χ1n) is 33.9. The second-order valence-electron chi connectivity index (χ2n) is 22.3. The molecule has 1 unspecified atom stereocenters. The van der Waals surface area contributed by atoms with E-state index in [2.05, 4.69) is 130 Å². The Labute approximate surface area is 495 Å². The number of hydrogen-bond donors (Lipinski definition) is 0. The molecule has 0 radical (unpaired) electrons. The van der Waals surface area contributed by atoms with Crippen molar-refractivity contribution in [1.82, 2.24) is 0 Å². The zero-order valence-electron chi connectivity index (χ0n) is 52.6. The number of carbonyl (C=O) groups excluding carboxylic acids is 3. The number of allylic oxidation sites excluding steroid dienone is 18. The van der Waals surface area contributed by atoms with Gasteiger partial charge < -0.3 is 14.2 Å². The number of rotatable bonds is 61. The number of carbonyl (C=O) groups is 3. The summed E-state index contributed by atoms with van der Waals surface area (Å²) in [5.41, 5.74) is 0. The maximum atomic E-state index is 12.9. The molecule has 458 valence electrons. The monoisotopic (exact) mass is 1110 g/mol. The summed E-state index contributed by atoms with van der Waals surface area (Å²) in [6.07, 6.45) is 92.5. The van der Waals surface area contributed by atoms with Gasteiger partial charge in [0, 0.05) is 19.3 Å². The summed E-state index contributed by atoms with van der Waals surface area (Å²) in [6, 6.07) is 0. The quantitative estimate of drug-likeness (QED) is 0.0261. The molecule has 0 saturated heterocycles. The van der Waals surface area contributed by atoms with Crippen molar-refractivity contribution >= 4 is 17.9 Å². The smallest absolute Gasteiger partial charge is 0.306 e. The standard InChI is InChI=1S/C74H126O6/c1-4-7-10-13-16-19-22-25-28-31-32-33-34-35-36-37-38-39-40-41-42-44-46-49-52-55-58-61-64-67-73(76)79-70-71(69-78-72(75)66-63-60-57-54-51-48-45-30-27-24-21-18-15-12-9-6-3)80-74(77)68-65-62-59-56-53-50-47-43-29-26-23-20-17-14-11-8-5-2/h7-8,10-11,16-17,19-20,25-26,28-30,32-33,45,47,50,71H,4-6,9,12-15,18,21-24,27,31,34-44,46,48-49,51-70H2,1-3H3/b10-7-,11-8-,19-16-,20-17-,28-25-,29-26-,33-32-,45-30-,50-47-. The molecule has 0 aromatic rings. The Balaban J connectivity index is 4.30. The summed E-state index contributed by atoms with van der Waals surface area (Å²) in [5, 5.41) is 0. The van der Waals surface area contributed by atoms with Gasteiger partial charge in [0.2, 0.25) is 0 Å². The van der Waals surface area contributed by atoms with Crippen LogP contribution in [0.4, 0.5) is 0 Å². The average Bonchev–Trinajstić information content (AvgIpc) is 3.46. The summed E-state index contributed by atoms with van der Waals surface area (Å²) < 4.78 is 16.9. The van der Waals surface area contributed by atoms with Gasteiger partial charge in [-0.2, -0.15) is 0 Å². The summed E-state index contributed by atoms with van der Waals surface area (Å²) in [4.78, 5) is 38.4. The van der Waals surface area contributed by atoms with Gasteiger partial charge in [0.1, 0.15) is 13.2 Å². The fourth-order valence-electron chi connectivity index (χ4n) is 9.48. The zero-order valence-corrected chi connectivity index (χ0v) is 52.6. The third-order valence-electron chi connectivity index (χ3n) is 14.5. The molecule has 0 spiro atoms. The van der Waals surface area contributed by atoms with Crippen LogP contribution in [0.15, 0.2) is 109 Å². The fourth-order valence-corrected chi connectivity index (χ4v) is 9.48. The van der Waals surface area contributed by atoms with E-state index in [4.69, 9.17) is 14.2 Å².